The fourth-order valence-corrected chi connectivity index (χ4v) is 2.58. The maximum Gasteiger partial charge on any atom is 0.325 e. The average Bonchev–Trinajstić information content (AvgIpc) is 2.98. The first kappa shape index (κ1) is 19.6. The summed E-state index contributed by atoms with van der Waals surface area (Å²) in [6.07, 6.45) is 1.42. The number of aliphatic carboxylic acids is 1. The number of carbonyl (C=O) groups excluding carboxylic acids is 1. The summed E-state index contributed by atoms with van der Waals surface area (Å²) < 4.78 is 1.65. The Morgan fingerprint density at radius 2 is 1.85 bits per heavy atom. The Morgan fingerprint density at radius 3 is 2.35 bits per heavy atom. The van der Waals surface area contributed by atoms with E-state index in [1.54, 1.807) is 4.68 Å². The SMILES string of the molecule is CCCc1c(C(=O)N[C@H](C)C(=O)O)nnn1-c1ccc(C(C)(C)C)cc1. The van der Waals surface area contributed by atoms with Gasteiger partial charge in [0, 0.05) is 0 Å². The molecule has 0 aliphatic carbocycles. The maximum atomic E-state index is 12.4. The van der Waals surface area contributed by atoms with Crippen LogP contribution in [-0.4, -0.2) is 38.0 Å². The van der Waals surface area contributed by atoms with Gasteiger partial charge in [0.2, 0.25) is 0 Å². The van der Waals surface area contributed by atoms with Crippen LogP contribution >= 0.6 is 0 Å². The Morgan fingerprint density at radius 1 is 1.23 bits per heavy atom. The molecular weight excluding hydrogens is 332 g/mol. The first-order valence-electron chi connectivity index (χ1n) is 8.74. The summed E-state index contributed by atoms with van der Waals surface area (Å²) in [6.45, 7) is 9.85. The van der Waals surface area contributed by atoms with Crippen LogP contribution in [0.5, 0.6) is 0 Å². The molecule has 0 saturated heterocycles. The predicted molar refractivity (Wildman–Crippen MR) is 98.6 cm³/mol. The molecule has 1 amide bonds. The number of nitrogens with one attached hydrogen (secondary N) is 1. The van der Waals surface area contributed by atoms with Gasteiger partial charge in [-0.2, -0.15) is 0 Å². The summed E-state index contributed by atoms with van der Waals surface area (Å²) in [7, 11) is 0. The molecule has 0 spiro atoms. The molecule has 0 aliphatic heterocycles. The number of carboxylic acid groups (broad SMARTS) is 1. The minimum absolute atomic E-state index is 0.0468. The summed E-state index contributed by atoms with van der Waals surface area (Å²) in [5.74, 6) is -1.62. The zero-order valence-electron chi connectivity index (χ0n) is 15.9. The van der Waals surface area contributed by atoms with Gasteiger partial charge in [-0.25, -0.2) is 4.68 Å². The van der Waals surface area contributed by atoms with Crippen molar-refractivity contribution < 1.29 is 14.7 Å². The van der Waals surface area contributed by atoms with Crippen molar-refractivity contribution in [2.75, 3.05) is 0 Å². The van der Waals surface area contributed by atoms with E-state index >= 15 is 0 Å². The fraction of sp³-hybridized carbons (Fsp3) is 0.474. The van der Waals surface area contributed by atoms with Gasteiger partial charge < -0.3 is 10.4 Å². The van der Waals surface area contributed by atoms with Gasteiger partial charge in [-0.05, 0) is 36.5 Å². The van der Waals surface area contributed by atoms with E-state index < -0.39 is 17.9 Å². The molecule has 1 aromatic carbocycles. The number of amides is 1. The summed E-state index contributed by atoms with van der Waals surface area (Å²) in [5.41, 5.74) is 2.91. The lowest BCUT2D eigenvalue weighted by Crippen LogP contribution is -2.38. The van der Waals surface area contributed by atoms with Gasteiger partial charge in [0.15, 0.2) is 5.69 Å². The third-order valence-electron chi connectivity index (χ3n) is 4.16. The molecule has 0 radical (unpaired) electrons. The van der Waals surface area contributed by atoms with Gasteiger partial charge in [-0.1, -0.05) is 51.5 Å². The van der Waals surface area contributed by atoms with E-state index in [0.29, 0.717) is 12.1 Å². The van der Waals surface area contributed by atoms with Gasteiger partial charge in [0.25, 0.3) is 5.91 Å². The van der Waals surface area contributed by atoms with Crippen molar-refractivity contribution in [1.29, 1.82) is 0 Å². The van der Waals surface area contributed by atoms with E-state index in [2.05, 4.69) is 36.4 Å². The van der Waals surface area contributed by atoms with Crippen molar-refractivity contribution in [1.82, 2.24) is 20.3 Å². The Kier molecular flexibility index (Phi) is 5.79. The highest BCUT2D eigenvalue weighted by molar-refractivity contribution is 5.95. The number of aromatic nitrogens is 3. The maximum absolute atomic E-state index is 12.4. The van der Waals surface area contributed by atoms with Gasteiger partial charge >= 0.3 is 5.97 Å². The van der Waals surface area contributed by atoms with Crippen LogP contribution < -0.4 is 5.32 Å². The van der Waals surface area contributed by atoms with Crippen LogP contribution in [0.3, 0.4) is 0 Å². The molecule has 2 N–H and O–H groups in total. The Hall–Kier alpha value is -2.70. The lowest BCUT2D eigenvalue weighted by atomic mass is 9.87. The summed E-state index contributed by atoms with van der Waals surface area (Å²) in [4.78, 5) is 23.4. The highest BCUT2D eigenvalue weighted by atomic mass is 16.4. The standard InChI is InChI=1S/C19H26N4O3/c1-6-7-15-16(17(24)20-12(2)18(25)26)21-22-23(15)14-10-8-13(9-11-14)19(3,4)5/h8-12H,6-7H2,1-5H3,(H,20,24)(H,25,26)/t12-/m1/s1. The molecule has 0 aliphatic rings. The summed E-state index contributed by atoms with van der Waals surface area (Å²) >= 11 is 0. The fourth-order valence-electron chi connectivity index (χ4n) is 2.58. The molecule has 7 nitrogen and oxygen atoms in total. The minimum Gasteiger partial charge on any atom is -0.480 e. The Balaban J connectivity index is 2.37. The molecule has 0 fully saturated rings. The van der Waals surface area contributed by atoms with E-state index in [-0.39, 0.29) is 11.1 Å². The number of rotatable bonds is 6. The minimum atomic E-state index is -1.10. The van der Waals surface area contributed by atoms with Crippen molar-refractivity contribution in [3.05, 3.63) is 41.2 Å². The smallest absolute Gasteiger partial charge is 0.325 e. The van der Waals surface area contributed by atoms with Crippen LogP contribution in [0.1, 0.15) is 62.8 Å². The van der Waals surface area contributed by atoms with Crippen molar-refractivity contribution in [2.24, 2.45) is 0 Å². The monoisotopic (exact) mass is 358 g/mol. The van der Waals surface area contributed by atoms with E-state index in [9.17, 15) is 9.59 Å². The molecular formula is C19H26N4O3. The second-order valence-electron chi connectivity index (χ2n) is 7.38. The van der Waals surface area contributed by atoms with Crippen LogP contribution in [0, 0.1) is 0 Å². The molecule has 0 saturated carbocycles. The molecule has 2 rings (SSSR count). The van der Waals surface area contributed by atoms with Gasteiger partial charge in [0.05, 0.1) is 11.4 Å². The third-order valence-corrected chi connectivity index (χ3v) is 4.16. The summed E-state index contributed by atoms with van der Waals surface area (Å²) in [6, 6.07) is 7.00. The number of benzene rings is 1. The number of carbonyl (C=O) groups is 2. The molecule has 26 heavy (non-hydrogen) atoms. The van der Waals surface area contributed by atoms with Gasteiger partial charge in [-0.15, -0.1) is 5.10 Å². The van der Waals surface area contributed by atoms with Crippen molar-refractivity contribution >= 4 is 11.9 Å². The first-order chi connectivity index (χ1) is 12.1. The van der Waals surface area contributed by atoms with E-state index in [0.717, 1.165) is 12.1 Å². The van der Waals surface area contributed by atoms with Gasteiger partial charge in [0.1, 0.15) is 6.04 Å². The van der Waals surface area contributed by atoms with Crippen LogP contribution in [0.25, 0.3) is 5.69 Å². The second kappa shape index (κ2) is 7.68. The topological polar surface area (TPSA) is 97.1 Å². The molecule has 140 valence electrons. The van der Waals surface area contributed by atoms with E-state index in [1.807, 2.05) is 31.2 Å². The zero-order chi connectivity index (χ0) is 19.5. The highest BCUT2D eigenvalue weighted by Crippen LogP contribution is 2.24. The highest BCUT2D eigenvalue weighted by Gasteiger charge is 2.23. The number of hydrogen-bond donors (Lipinski definition) is 2. The van der Waals surface area contributed by atoms with Crippen LogP contribution in [-0.2, 0) is 16.6 Å². The summed E-state index contributed by atoms with van der Waals surface area (Å²) in [5, 5.41) is 19.5. The van der Waals surface area contributed by atoms with Crippen molar-refractivity contribution in [3.8, 4) is 5.69 Å². The normalized spacial score (nSPS) is 12.7. The lowest BCUT2D eigenvalue weighted by Gasteiger charge is -2.19. The zero-order valence-corrected chi connectivity index (χ0v) is 15.9. The van der Waals surface area contributed by atoms with Crippen LogP contribution in [0.4, 0.5) is 0 Å². The first-order valence-corrected chi connectivity index (χ1v) is 8.74. The molecule has 2 aromatic rings. The van der Waals surface area contributed by atoms with Crippen molar-refractivity contribution in [3.63, 3.8) is 0 Å². The molecule has 1 heterocycles. The number of carboxylic acids is 1. The average molecular weight is 358 g/mol. The Labute approximate surface area is 153 Å². The number of nitrogens with zero attached hydrogens (tertiary/aromatic N) is 3. The van der Waals surface area contributed by atoms with E-state index in [4.69, 9.17) is 5.11 Å². The van der Waals surface area contributed by atoms with Crippen LogP contribution in [0.2, 0.25) is 0 Å². The predicted octanol–water partition coefficient (Wildman–Crippen LogP) is 2.72. The van der Waals surface area contributed by atoms with E-state index in [1.165, 1.54) is 12.5 Å². The van der Waals surface area contributed by atoms with Crippen LogP contribution in [0.15, 0.2) is 24.3 Å². The lowest BCUT2D eigenvalue weighted by molar-refractivity contribution is -0.138. The molecule has 1 aromatic heterocycles. The largest absolute Gasteiger partial charge is 0.480 e. The molecule has 1 atom stereocenters. The second-order valence-corrected chi connectivity index (χ2v) is 7.38. The molecule has 0 bridgehead atoms. The molecule has 7 heteroatoms. The Bertz CT molecular complexity index is 788. The number of hydrogen-bond acceptors (Lipinski definition) is 4. The van der Waals surface area contributed by atoms with Crippen molar-refractivity contribution in [2.45, 2.75) is 58.9 Å². The van der Waals surface area contributed by atoms with Gasteiger partial charge in [-0.3, -0.25) is 9.59 Å². The molecule has 0 unspecified atom stereocenters. The third kappa shape index (κ3) is 4.28. The quantitative estimate of drug-likeness (QED) is 0.827.